The quantitative estimate of drug-likeness (QED) is 0.126. The minimum atomic E-state index is -1.07. The third-order valence-corrected chi connectivity index (χ3v) is 7.31. The van der Waals surface area contributed by atoms with Gasteiger partial charge >= 0.3 is 5.97 Å². The van der Waals surface area contributed by atoms with Crippen LogP contribution in [0.15, 0.2) is 87.1 Å². The standard InChI is InChI=1S/C29H20N4O10S/c1-41-18-7-10-21(23(13-18)32(37)38)30-29-31(22-11-8-19(42-2)14-24(22)33(39)40)27(34)26(44-29)15-20-9-12-25(43-20)16-3-5-17(6-4-16)28(35)36/h3-15H,1-2H3,(H,35,36)/b26-15+,30-29?. The van der Waals surface area contributed by atoms with Crippen LogP contribution in [0.3, 0.4) is 0 Å². The molecule has 0 saturated carbocycles. The number of amides is 1. The molecule has 1 aliphatic rings. The average molecular weight is 617 g/mol. The van der Waals surface area contributed by atoms with Gasteiger partial charge in [-0.3, -0.25) is 25.0 Å². The summed E-state index contributed by atoms with van der Waals surface area (Å²) >= 11 is 0.837. The van der Waals surface area contributed by atoms with Crippen LogP contribution in [0.25, 0.3) is 17.4 Å². The van der Waals surface area contributed by atoms with Gasteiger partial charge in [0.2, 0.25) is 0 Å². The van der Waals surface area contributed by atoms with Crippen molar-refractivity contribution in [1.29, 1.82) is 0 Å². The summed E-state index contributed by atoms with van der Waals surface area (Å²) in [5.74, 6) is -0.725. The second kappa shape index (κ2) is 12.1. The molecule has 44 heavy (non-hydrogen) atoms. The number of nitro benzene ring substituents is 2. The van der Waals surface area contributed by atoms with Crippen molar-refractivity contribution >= 4 is 57.6 Å². The zero-order valence-electron chi connectivity index (χ0n) is 22.8. The Bertz CT molecular complexity index is 1880. The van der Waals surface area contributed by atoms with E-state index in [1.165, 1.54) is 62.8 Å². The predicted octanol–water partition coefficient (Wildman–Crippen LogP) is 6.29. The molecular weight excluding hydrogens is 596 g/mol. The van der Waals surface area contributed by atoms with Gasteiger partial charge in [0.25, 0.3) is 17.3 Å². The number of hydrogen-bond donors (Lipinski definition) is 1. The number of carbonyl (C=O) groups is 2. The summed E-state index contributed by atoms with van der Waals surface area (Å²) < 4.78 is 16.1. The van der Waals surface area contributed by atoms with E-state index in [-0.39, 0.29) is 44.3 Å². The lowest BCUT2D eigenvalue weighted by Gasteiger charge is -2.16. The molecule has 0 spiro atoms. The van der Waals surface area contributed by atoms with Gasteiger partial charge in [0, 0.05) is 11.6 Å². The van der Waals surface area contributed by atoms with Gasteiger partial charge in [-0.2, -0.15) is 0 Å². The van der Waals surface area contributed by atoms with Gasteiger partial charge in [0.05, 0.1) is 46.7 Å². The van der Waals surface area contributed by atoms with Gasteiger partial charge in [-0.15, -0.1) is 0 Å². The zero-order valence-corrected chi connectivity index (χ0v) is 23.6. The number of carbonyl (C=O) groups excluding carboxylic acids is 1. The monoisotopic (exact) mass is 616 g/mol. The van der Waals surface area contributed by atoms with Crippen molar-refractivity contribution in [2.75, 3.05) is 19.1 Å². The molecule has 0 unspecified atom stereocenters. The van der Waals surface area contributed by atoms with Gasteiger partial charge in [-0.25, -0.2) is 14.7 Å². The first-order chi connectivity index (χ1) is 21.1. The molecule has 2 heterocycles. The van der Waals surface area contributed by atoms with Crippen LogP contribution in [-0.4, -0.2) is 46.2 Å². The van der Waals surface area contributed by atoms with Gasteiger partial charge in [-0.05, 0) is 60.3 Å². The lowest BCUT2D eigenvalue weighted by Crippen LogP contribution is -2.29. The lowest BCUT2D eigenvalue weighted by atomic mass is 10.1. The molecule has 1 saturated heterocycles. The Hall–Kier alpha value is -5.96. The van der Waals surface area contributed by atoms with Crippen LogP contribution in [0.2, 0.25) is 0 Å². The van der Waals surface area contributed by atoms with Crippen LogP contribution in [-0.2, 0) is 4.79 Å². The van der Waals surface area contributed by atoms with E-state index >= 15 is 0 Å². The summed E-state index contributed by atoms with van der Waals surface area (Å²) in [6, 6.07) is 17.1. The minimum Gasteiger partial charge on any atom is -0.496 e. The van der Waals surface area contributed by atoms with Gasteiger partial charge in [-0.1, -0.05) is 12.1 Å². The molecular formula is C29H20N4O10S. The third-order valence-electron chi connectivity index (χ3n) is 6.34. The molecule has 1 amide bonds. The molecule has 5 rings (SSSR count). The number of carboxylic acids is 1. The van der Waals surface area contributed by atoms with Gasteiger partial charge in [0.15, 0.2) is 5.17 Å². The van der Waals surface area contributed by atoms with E-state index in [2.05, 4.69) is 4.99 Å². The first kappa shape index (κ1) is 29.5. The molecule has 4 aromatic rings. The Labute approximate surface area is 252 Å². The van der Waals surface area contributed by atoms with Crippen molar-refractivity contribution in [1.82, 2.24) is 0 Å². The zero-order chi connectivity index (χ0) is 31.5. The molecule has 0 bridgehead atoms. The number of anilines is 1. The Morgan fingerprint density at radius 3 is 2.18 bits per heavy atom. The molecule has 1 N–H and O–H groups in total. The molecule has 0 aliphatic carbocycles. The number of ether oxygens (including phenoxy) is 2. The smallest absolute Gasteiger partial charge is 0.335 e. The number of methoxy groups -OCH3 is 2. The van der Waals surface area contributed by atoms with Crippen LogP contribution in [0, 0.1) is 20.2 Å². The fraction of sp³-hybridized carbons (Fsp3) is 0.0690. The Kier molecular flexibility index (Phi) is 8.12. The second-order valence-electron chi connectivity index (χ2n) is 8.95. The summed E-state index contributed by atoms with van der Waals surface area (Å²) in [6.45, 7) is 0. The van der Waals surface area contributed by atoms with Crippen molar-refractivity contribution in [2.24, 2.45) is 4.99 Å². The van der Waals surface area contributed by atoms with Crippen molar-refractivity contribution in [2.45, 2.75) is 0 Å². The largest absolute Gasteiger partial charge is 0.496 e. The molecule has 222 valence electrons. The number of nitro groups is 2. The SMILES string of the molecule is COc1ccc(N=C2S/C(=C/c3ccc(-c4ccc(C(=O)O)cc4)o3)C(=O)N2c2ccc(OC)cc2[N+](=O)[O-])c([N+](=O)[O-])c1. The van der Waals surface area contributed by atoms with E-state index < -0.39 is 33.1 Å². The van der Waals surface area contributed by atoms with E-state index in [9.17, 15) is 29.8 Å². The molecule has 14 nitrogen and oxygen atoms in total. The first-order valence-electron chi connectivity index (χ1n) is 12.5. The topological polar surface area (TPSA) is 188 Å². The number of aromatic carboxylic acids is 1. The van der Waals surface area contributed by atoms with E-state index in [0.29, 0.717) is 11.3 Å². The van der Waals surface area contributed by atoms with Crippen LogP contribution in [0.4, 0.5) is 22.7 Å². The van der Waals surface area contributed by atoms with Crippen LogP contribution >= 0.6 is 11.8 Å². The molecule has 15 heteroatoms. The number of amidine groups is 1. The highest BCUT2D eigenvalue weighted by molar-refractivity contribution is 8.19. The predicted molar refractivity (Wildman–Crippen MR) is 161 cm³/mol. The number of furan rings is 1. The lowest BCUT2D eigenvalue weighted by molar-refractivity contribution is -0.384. The highest BCUT2D eigenvalue weighted by atomic mass is 32.2. The van der Waals surface area contributed by atoms with E-state index in [1.807, 2.05) is 0 Å². The Morgan fingerprint density at radius 2 is 1.57 bits per heavy atom. The summed E-state index contributed by atoms with van der Waals surface area (Å²) in [6.07, 6.45) is 1.41. The second-order valence-corrected chi connectivity index (χ2v) is 9.96. The number of rotatable bonds is 9. The van der Waals surface area contributed by atoms with Crippen LogP contribution in [0.1, 0.15) is 16.1 Å². The Morgan fingerprint density at radius 1 is 0.932 bits per heavy atom. The number of benzene rings is 3. The highest BCUT2D eigenvalue weighted by Gasteiger charge is 2.39. The number of nitrogens with zero attached hydrogens (tertiary/aromatic N) is 4. The average Bonchev–Trinajstić information content (AvgIpc) is 3.60. The normalized spacial score (nSPS) is 14.7. The van der Waals surface area contributed by atoms with Crippen LogP contribution in [0.5, 0.6) is 11.5 Å². The van der Waals surface area contributed by atoms with E-state index in [0.717, 1.165) is 22.7 Å². The maximum absolute atomic E-state index is 13.8. The van der Waals surface area contributed by atoms with E-state index in [1.54, 1.807) is 24.3 Å². The molecule has 0 radical (unpaired) electrons. The van der Waals surface area contributed by atoms with Gasteiger partial charge < -0.3 is 19.0 Å². The van der Waals surface area contributed by atoms with Crippen molar-refractivity contribution in [3.05, 3.63) is 109 Å². The molecule has 0 atom stereocenters. The van der Waals surface area contributed by atoms with E-state index in [4.69, 9.17) is 19.0 Å². The number of carboxylic acid groups (broad SMARTS) is 1. The van der Waals surface area contributed by atoms with Crippen molar-refractivity contribution in [3.8, 4) is 22.8 Å². The fourth-order valence-corrected chi connectivity index (χ4v) is 5.16. The highest BCUT2D eigenvalue weighted by Crippen LogP contribution is 2.43. The summed E-state index contributed by atoms with van der Waals surface area (Å²) in [5.41, 5.74) is -0.414. The fourth-order valence-electron chi connectivity index (χ4n) is 4.19. The summed E-state index contributed by atoms with van der Waals surface area (Å²) in [7, 11) is 2.69. The van der Waals surface area contributed by atoms with Gasteiger partial charge in [0.1, 0.15) is 34.4 Å². The molecule has 3 aromatic carbocycles. The van der Waals surface area contributed by atoms with Crippen molar-refractivity contribution in [3.63, 3.8) is 0 Å². The first-order valence-corrected chi connectivity index (χ1v) is 13.3. The Balaban J connectivity index is 1.60. The van der Waals surface area contributed by atoms with Crippen LogP contribution < -0.4 is 14.4 Å². The molecule has 1 aromatic heterocycles. The molecule has 1 aliphatic heterocycles. The number of hydrogen-bond acceptors (Lipinski definition) is 11. The number of thioether (sulfide) groups is 1. The minimum absolute atomic E-state index is 0.0622. The van der Waals surface area contributed by atoms with Crippen molar-refractivity contribution < 1.29 is 38.4 Å². The summed E-state index contributed by atoms with van der Waals surface area (Å²) in [5, 5.41) is 32.9. The third kappa shape index (κ3) is 5.84. The number of aliphatic imine (C=N–C) groups is 1. The maximum Gasteiger partial charge on any atom is 0.335 e. The molecule has 1 fully saturated rings. The maximum atomic E-state index is 13.8. The summed E-state index contributed by atoms with van der Waals surface area (Å²) in [4.78, 5) is 52.9.